The molecule has 1 aromatic heterocycles. The van der Waals surface area contributed by atoms with Gasteiger partial charge in [0, 0.05) is 32.1 Å². The van der Waals surface area contributed by atoms with Crippen LogP contribution in [0.5, 0.6) is 0 Å². The molecule has 1 N–H and O–H groups in total. The largest absolute Gasteiger partial charge is 0.373 e. The van der Waals surface area contributed by atoms with Crippen LogP contribution in [0.25, 0.3) is 0 Å². The monoisotopic (exact) mass is 278 g/mol. The van der Waals surface area contributed by atoms with E-state index in [4.69, 9.17) is 4.98 Å². The first kappa shape index (κ1) is 16.7. The molecule has 4 heteroatoms. The number of nitrogens with one attached hydrogen (secondary N) is 1. The SMILES string of the molecule is CCc1nc(NC)cc(N(CC(C)C)C(CC)CC)n1. The summed E-state index contributed by atoms with van der Waals surface area (Å²) in [4.78, 5) is 11.7. The summed E-state index contributed by atoms with van der Waals surface area (Å²) in [6.07, 6.45) is 3.15. The lowest BCUT2D eigenvalue weighted by Gasteiger charge is -2.33. The smallest absolute Gasteiger partial charge is 0.134 e. The minimum Gasteiger partial charge on any atom is -0.373 e. The molecule has 0 spiro atoms. The fourth-order valence-electron chi connectivity index (χ4n) is 2.47. The van der Waals surface area contributed by atoms with Crippen LogP contribution >= 0.6 is 0 Å². The van der Waals surface area contributed by atoms with E-state index in [-0.39, 0.29) is 0 Å². The van der Waals surface area contributed by atoms with Crippen molar-refractivity contribution in [3.05, 3.63) is 11.9 Å². The second-order valence-corrected chi connectivity index (χ2v) is 5.65. The Kier molecular flexibility index (Phi) is 6.76. The molecule has 0 bridgehead atoms. The zero-order chi connectivity index (χ0) is 15.1. The molecule has 0 aliphatic heterocycles. The van der Waals surface area contributed by atoms with E-state index in [1.807, 2.05) is 7.05 Å². The second-order valence-electron chi connectivity index (χ2n) is 5.65. The van der Waals surface area contributed by atoms with Crippen LogP contribution in [0, 0.1) is 5.92 Å². The van der Waals surface area contributed by atoms with Gasteiger partial charge >= 0.3 is 0 Å². The Morgan fingerprint density at radius 3 is 2.25 bits per heavy atom. The van der Waals surface area contributed by atoms with Crippen molar-refractivity contribution in [2.75, 3.05) is 23.8 Å². The average molecular weight is 278 g/mol. The lowest BCUT2D eigenvalue weighted by Crippen LogP contribution is -2.38. The summed E-state index contributed by atoms with van der Waals surface area (Å²) in [5.41, 5.74) is 0. The maximum absolute atomic E-state index is 4.74. The van der Waals surface area contributed by atoms with E-state index < -0.39 is 0 Å². The van der Waals surface area contributed by atoms with Crippen LogP contribution in [0.3, 0.4) is 0 Å². The van der Waals surface area contributed by atoms with E-state index in [9.17, 15) is 0 Å². The third-order valence-electron chi connectivity index (χ3n) is 3.57. The maximum Gasteiger partial charge on any atom is 0.134 e. The highest BCUT2D eigenvalue weighted by molar-refractivity contribution is 5.50. The topological polar surface area (TPSA) is 41.1 Å². The van der Waals surface area contributed by atoms with E-state index in [1.54, 1.807) is 0 Å². The number of aryl methyl sites for hydroxylation is 1. The number of hydrogen-bond acceptors (Lipinski definition) is 4. The third-order valence-corrected chi connectivity index (χ3v) is 3.57. The third kappa shape index (κ3) is 4.36. The Morgan fingerprint density at radius 2 is 1.80 bits per heavy atom. The van der Waals surface area contributed by atoms with Gasteiger partial charge in [0.05, 0.1) is 0 Å². The number of anilines is 2. The van der Waals surface area contributed by atoms with E-state index >= 15 is 0 Å². The molecule has 0 fully saturated rings. The van der Waals surface area contributed by atoms with Crippen LogP contribution in [0.2, 0.25) is 0 Å². The molecular formula is C16H30N4. The van der Waals surface area contributed by atoms with Crippen LogP contribution in [0.15, 0.2) is 6.07 Å². The standard InChI is InChI=1S/C16H30N4/c1-7-13(8-2)20(11-12(4)5)16-10-15(17-6)18-14(9-3)19-16/h10,12-13H,7-9,11H2,1-6H3,(H,17,18,19). The molecular weight excluding hydrogens is 248 g/mol. The fourth-order valence-corrected chi connectivity index (χ4v) is 2.47. The zero-order valence-corrected chi connectivity index (χ0v) is 13.9. The van der Waals surface area contributed by atoms with Gasteiger partial charge in [-0.1, -0.05) is 34.6 Å². The maximum atomic E-state index is 4.74. The van der Waals surface area contributed by atoms with Gasteiger partial charge in [0.1, 0.15) is 17.5 Å². The van der Waals surface area contributed by atoms with Crippen molar-refractivity contribution in [2.45, 2.75) is 59.9 Å². The van der Waals surface area contributed by atoms with Crippen LogP contribution in [0.1, 0.15) is 53.3 Å². The van der Waals surface area contributed by atoms with Crippen molar-refractivity contribution in [2.24, 2.45) is 5.92 Å². The highest BCUT2D eigenvalue weighted by Crippen LogP contribution is 2.22. The lowest BCUT2D eigenvalue weighted by atomic mass is 10.1. The van der Waals surface area contributed by atoms with Crippen LogP contribution in [-0.2, 0) is 6.42 Å². The van der Waals surface area contributed by atoms with Gasteiger partial charge in [-0.25, -0.2) is 9.97 Å². The molecule has 0 aliphatic rings. The summed E-state index contributed by atoms with van der Waals surface area (Å²) >= 11 is 0. The number of rotatable bonds is 8. The molecule has 1 rings (SSSR count). The Balaban J connectivity index is 3.17. The Labute approximate surface area is 124 Å². The van der Waals surface area contributed by atoms with E-state index in [0.29, 0.717) is 12.0 Å². The van der Waals surface area contributed by atoms with E-state index in [1.165, 1.54) is 0 Å². The van der Waals surface area contributed by atoms with Crippen LogP contribution < -0.4 is 10.2 Å². The van der Waals surface area contributed by atoms with Crippen molar-refractivity contribution in [1.29, 1.82) is 0 Å². The predicted molar refractivity (Wildman–Crippen MR) is 87.5 cm³/mol. The minimum atomic E-state index is 0.543. The van der Waals surface area contributed by atoms with Crippen molar-refractivity contribution < 1.29 is 0 Å². The van der Waals surface area contributed by atoms with Gasteiger partial charge in [0.25, 0.3) is 0 Å². The first-order valence-electron chi connectivity index (χ1n) is 7.87. The molecule has 0 saturated carbocycles. The molecule has 0 saturated heterocycles. The van der Waals surface area contributed by atoms with E-state index in [0.717, 1.165) is 43.3 Å². The number of hydrogen-bond donors (Lipinski definition) is 1. The van der Waals surface area contributed by atoms with Gasteiger partial charge < -0.3 is 10.2 Å². The minimum absolute atomic E-state index is 0.543. The molecule has 0 amide bonds. The summed E-state index contributed by atoms with van der Waals surface area (Å²) < 4.78 is 0. The molecule has 0 unspecified atom stereocenters. The van der Waals surface area contributed by atoms with Gasteiger partial charge in [0.2, 0.25) is 0 Å². The summed E-state index contributed by atoms with van der Waals surface area (Å²) in [5, 5.41) is 3.15. The van der Waals surface area contributed by atoms with E-state index in [2.05, 4.69) is 55.9 Å². The Bertz CT molecular complexity index is 377. The van der Waals surface area contributed by atoms with Gasteiger partial charge in [-0.05, 0) is 18.8 Å². The predicted octanol–water partition coefficient (Wildman–Crippen LogP) is 3.73. The summed E-state index contributed by atoms with van der Waals surface area (Å²) in [5.74, 6) is 3.50. The van der Waals surface area contributed by atoms with Crippen molar-refractivity contribution in [3.8, 4) is 0 Å². The number of nitrogens with zero attached hydrogens (tertiary/aromatic N) is 3. The normalized spacial score (nSPS) is 11.2. The molecule has 0 atom stereocenters. The highest BCUT2D eigenvalue weighted by Gasteiger charge is 2.19. The van der Waals surface area contributed by atoms with Crippen molar-refractivity contribution in [1.82, 2.24) is 9.97 Å². The quantitative estimate of drug-likeness (QED) is 0.786. The zero-order valence-electron chi connectivity index (χ0n) is 13.9. The van der Waals surface area contributed by atoms with Gasteiger partial charge in [-0.3, -0.25) is 0 Å². The van der Waals surface area contributed by atoms with Crippen molar-refractivity contribution in [3.63, 3.8) is 0 Å². The number of aromatic nitrogens is 2. The molecule has 20 heavy (non-hydrogen) atoms. The average Bonchev–Trinajstić information content (AvgIpc) is 2.46. The summed E-state index contributed by atoms with van der Waals surface area (Å²) in [6.45, 7) is 12.2. The fraction of sp³-hybridized carbons (Fsp3) is 0.750. The summed E-state index contributed by atoms with van der Waals surface area (Å²) in [6, 6.07) is 2.61. The van der Waals surface area contributed by atoms with Crippen molar-refractivity contribution >= 4 is 11.6 Å². The molecule has 0 radical (unpaired) electrons. The molecule has 0 aliphatic carbocycles. The summed E-state index contributed by atoms with van der Waals surface area (Å²) in [7, 11) is 1.91. The first-order valence-corrected chi connectivity index (χ1v) is 7.87. The molecule has 114 valence electrons. The molecule has 4 nitrogen and oxygen atoms in total. The highest BCUT2D eigenvalue weighted by atomic mass is 15.2. The van der Waals surface area contributed by atoms with Crippen LogP contribution in [0.4, 0.5) is 11.6 Å². The van der Waals surface area contributed by atoms with Gasteiger partial charge in [-0.2, -0.15) is 0 Å². The Morgan fingerprint density at radius 1 is 1.15 bits per heavy atom. The second kappa shape index (κ2) is 8.08. The molecule has 1 aromatic rings. The van der Waals surface area contributed by atoms with Gasteiger partial charge in [0.15, 0.2) is 0 Å². The van der Waals surface area contributed by atoms with Crippen LogP contribution in [-0.4, -0.2) is 29.6 Å². The van der Waals surface area contributed by atoms with Gasteiger partial charge in [-0.15, -0.1) is 0 Å². The lowest BCUT2D eigenvalue weighted by molar-refractivity contribution is 0.502. The first-order chi connectivity index (χ1) is 9.55. The Hall–Kier alpha value is -1.32. The molecule has 1 heterocycles. The molecule has 0 aromatic carbocycles.